The summed E-state index contributed by atoms with van der Waals surface area (Å²) in [4.78, 5) is 44.1. The number of benzene rings is 1. The molecule has 4 aliphatic rings. The van der Waals surface area contributed by atoms with Gasteiger partial charge in [-0.1, -0.05) is 48.6 Å². The van der Waals surface area contributed by atoms with Crippen LogP contribution >= 0.6 is 0 Å². The number of amides is 2. The average molecular weight is 453 g/mol. The number of esters is 1. The Balaban J connectivity index is 1.68. The molecule has 8 heteroatoms. The minimum absolute atomic E-state index is 0.102. The van der Waals surface area contributed by atoms with E-state index in [1.807, 2.05) is 50.3 Å². The molecule has 0 saturated carbocycles. The van der Waals surface area contributed by atoms with Crippen molar-refractivity contribution >= 4 is 17.8 Å². The second-order valence-corrected chi connectivity index (χ2v) is 9.24. The summed E-state index contributed by atoms with van der Waals surface area (Å²) in [7, 11) is 0. The fourth-order valence-electron chi connectivity index (χ4n) is 5.76. The Morgan fingerprint density at radius 2 is 1.88 bits per heavy atom. The van der Waals surface area contributed by atoms with Crippen molar-refractivity contribution in [3.05, 3.63) is 60.2 Å². The zero-order valence-corrected chi connectivity index (χ0v) is 18.7. The molecule has 0 aliphatic carbocycles. The highest BCUT2D eigenvalue weighted by molar-refractivity contribution is 5.99. The van der Waals surface area contributed by atoms with E-state index in [0.29, 0.717) is 12.1 Å². The van der Waals surface area contributed by atoms with Crippen LogP contribution in [0.2, 0.25) is 0 Å². The Hall–Kier alpha value is -2.97. The number of aliphatic hydroxyl groups excluding tert-OH is 1. The van der Waals surface area contributed by atoms with Gasteiger partial charge in [0.05, 0.1) is 24.7 Å². The summed E-state index contributed by atoms with van der Waals surface area (Å²) in [5.74, 6) is -2.93. The predicted molar refractivity (Wildman–Crippen MR) is 118 cm³/mol. The standard InChI is InChI=1S/C25H28N2O6/c1-15(2)26-12-7-11-25-20(19-18(33-25)10-6-13-32-24(19)31)22(29)27(21(25)23(26)30)17(14-28)16-8-4-3-5-9-16/h3-11,15,17-21,28H,12-14H2,1-2H3/t17-,18+,19-,20+,21?,25+/m1/s1. The topological polar surface area (TPSA) is 96.4 Å². The van der Waals surface area contributed by atoms with Crippen molar-refractivity contribution in [2.45, 2.75) is 43.7 Å². The van der Waals surface area contributed by atoms with Crippen LogP contribution in [0.15, 0.2) is 54.6 Å². The molecule has 1 aromatic rings. The fourth-order valence-corrected chi connectivity index (χ4v) is 5.76. The summed E-state index contributed by atoms with van der Waals surface area (Å²) in [5, 5.41) is 10.4. The maximum absolute atomic E-state index is 14.1. The van der Waals surface area contributed by atoms with E-state index in [-0.39, 0.29) is 31.1 Å². The van der Waals surface area contributed by atoms with Crippen molar-refractivity contribution in [1.82, 2.24) is 9.80 Å². The molecular weight excluding hydrogens is 424 g/mol. The third-order valence-corrected chi connectivity index (χ3v) is 7.20. The van der Waals surface area contributed by atoms with Gasteiger partial charge < -0.3 is 24.4 Å². The molecule has 0 bridgehead atoms. The van der Waals surface area contributed by atoms with Crippen molar-refractivity contribution < 1.29 is 29.0 Å². The number of likely N-dealkylation sites (tertiary alicyclic amines) is 1. The molecule has 1 N–H and O–H groups in total. The number of rotatable bonds is 4. The number of fused-ring (bicyclic) bond motifs is 2. The van der Waals surface area contributed by atoms with Crippen LogP contribution in [0.4, 0.5) is 0 Å². The molecule has 1 aromatic carbocycles. The van der Waals surface area contributed by atoms with Crippen molar-refractivity contribution in [3.63, 3.8) is 0 Å². The Morgan fingerprint density at radius 1 is 1.12 bits per heavy atom. The maximum atomic E-state index is 14.1. The Morgan fingerprint density at radius 3 is 2.58 bits per heavy atom. The molecule has 6 atom stereocenters. The minimum atomic E-state index is -1.32. The van der Waals surface area contributed by atoms with E-state index >= 15 is 0 Å². The van der Waals surface area contributed by atoms with Crippen molar-refractivity contribution in [1.29, 1.82) is 0 Å². The fraction of sp³-hybridized carbons (Fsp3) is 0.480. The van der Waals surface area contributed by atoms with Crippen LogP contribution in [-0.4, -0.2) is 76.2 Å². The number of hydrogen-bond donors (Lipinski definition) is 1. The lowest BCUT2D eigenvalue weighted by Crippen LogP contribution is -2.57. The van der Waals surface area contributed by atoms with Crippen molar-refractivity contribution in [3.8, 4) is 0 Å². The van der Waals surface area contributed by atoms with Gasteiger partial charge in [-0.05, 0) is 25.5 Å². The number of ether oxygens (including phenoxy) is 2. The van der Waals surface area contributed by atoms with E-state index in [2.05, 4.69) is 0 Å². The average Bonchev–Trinajstić information content (AvgIpc) is 3.09. The number of aliphatic hydroxyl groups is 1. The van der Waals surface area contributed by atoms with Gasteiger partial charge in [0, 0.05) is 12.6 Å². The van der Waals surface area contributed by atoms with Crippen molar-refractivity contribution in [2.75, 3.05) is 19.8 Å². The first-order chi connectivity index (χ1) is 15.9. The van der Waals surface area contributed by atoms with E-state index < -0.39 is 41.6 Å². The van der Waals surface area contributed by atoms with Gasteiger partial charge in [-0.2, -0.15) is 0 Å². The van der Waals surface area contributed by atoms with Gasteiger partial charge in [0.2, 0.25) is 11.8 Å². The Labute approximate surface area is 192 Å². The summed E-state index contributed by atoms with van der Waals surface area (Å²) < 4.78 is 11.8. The number of cyclic esters (lactones) is 1. The molecule has 2 saturated heterocycles. The van der Waals surface area contributed by atoms with Crippen LogP contribution in [0.3, 0.4) is 0 Å². The van der Waals surface area contributed by atoms with Gasteiger partial charge in [0.1, 0.15) is 24.2 Å². The summed E-state index contributed by atoms with van der Waals surface area (Å²) in [5.41, 5.74) is -0.615. The lowest BCUT2D eigenvalue weighted by Gasteiger charge is -2.39. The van der Waals surface area contributed by atoms with Gasteiger partial charge in [-0.25, -0.2) is 0 Å². The van der Waals surface area contributed by atoms with E-state index in [1.165, 1.54) is 4.90 Å². The Kier molecular flexibility index (Phi) is 5.37. The van der Waals surface area contributed by atoms with E-state index in [4.69, 9.17) is 9.47 Å². The lowest BCUT2D eigenvalue weighted by atomic mass is 9.78. The molecule has 8 nitrogen and oxygen atoms in total. The highest BCUT2D eigenvalue weighted by Gasteiger charge is 2.72. The van der Waals surface area contributed by atoms with Gasteiger partial charge in [-0.15, -0.1) is 0 Å². The lowest BCUT2D eigenvalue weighted by molar-refractivity contribution is -0.155. The molecule has 2 fully saturated rings. The molecule has 174 valence electrons. The number of nitrogens with zero attached hydrogens (tertiary/aromatic N) is 2. The first-order valence-corrected chi connectivity index (χ1v) is 11.4. The molecule has 4 heterocycles. The van der Waals surface area contributed by atoms with Gasteiger partial charge >= 0.3 is 5.97 Å². The van der Waals surface area contributed by atoms with Crippen LogP contribution in [0.5, 0.6) is 0 Å². The highest BCUT2D eigenvalue weighted by atomic mass is 16.6. The van der Waals surface area contributed by atoms with Gasteiger partial charge in [-0.3, -0.25) is 14.4 Å². The summed E-state index contributed by atoms with van der Waals surface area (Å²) in [6, 6.07) is 7.26. The molecule has 1 spiro atoms. The quantitative estimate of drug-likeness (QED) is 0.545. The maximum Gasteiger partial charge on any atom is 0.313 e. The first-order valence-electron chi connectivity index (χ1n) is 11.4. The first kappa shape index (κ1) is 21.9. The number of carbonyl (C=O) groups is 3. The zero-order chi connectivity index (χ0) is 23.3. The predicted octanol–water partition coefficient (Wildman–Crippen LogP) is 1.22. The van der Waals surface area contributed by atoms with Crippen molar-refractivity contribution in [2.24, 2.45) is 11.8 Å². The smallest absolute Gasteiger partial charge is 0.313 e. The molecule has 4 aliphatic heterocycles. The monoisotopic (exact) mass is 452 g/mol. The third kappa shape index (κ3) is 3.15. The molecule has 0 radical (unpaired) electrons. The molecule has 1 unspecified atom stereocenters. The second kappa shape index (κ2) is 8.11. The Bertz CT molecular complexity index is 1020. The molecule has 2 amide bonds. The summed E-state index contributed by atoms with van der Waals surface area (Å²) in [6.07, 6.45) is 6.43. The second-order valence-electron chi connectivity index (χ2n) is 9.24. The van der Waals surface area contributed by atoms with E-state index in [1.54, 1.807) is 23.1 Å². The minimum Gasteiger partial charge on any atom is -0.461 e. The van der Waals surface area contributed by atoms with Crippen LogP contribution in [0, 0.1) is 11.8 Å². The van der Waals surface area contributed by atoms with Crippen LogP contribution in [0.1, 0.15) is 25.5 Å². The number of hydrogen-bond acceptors (Lipinski definition) is 6. The van der Waals surface area contributed by atoms with E-state index in [9.17, 15) is 19.5 Å². The van der Waals surface area contributed by atoms with Crippen LogP contribution < -0.4 is 0 Å². The summed E-state index contributed by atoms with van der Waals surface area (Å²) in [6.45, 7) is 3.96. The molecular formula is C25H28N2O6. The van der Waals surface area contributed by atoms with Gasteiger partial charge in [0.15, 0.2) is 0 Å². The van der Waals surface area contributed by atoms with E-state index in [0.717, 1.165) is 0 Å². The van der Waals surface area contributed by atoms with Crippen LogP contribution in [-0.2, 0) is 23.9 Å². The zero-order valence-electron chi connectivity index (χ0n) is 18.7. The molecule has 5 rings (SSSR count). The number of carbonyl (C=O) groups excluding carboxylic acids is 3. The third-order valence-electron chi connectivity index (χ3n) is 7.20. The normalized spacial score (nSPS) is 34.0. The van der Waals surface area contributed by atoms with Gasteiger partial charge in [0.25, 0.3) is 0 Å². The highest BCUT2D eigenvalue weighted by Crippen LogP contribution is 2.55. The molecule has 33 heavy (non-hydrogen) atoms. The summed E-state index contributed by atoms with van der Waals surface area (Å²) >= 11 is 0. The largest absolute Gasteiger partial charge is 0.461 e. The molecule has 0 aromatic heterocycles. The SMILES string of the molecule is CC(C)N1CC=C[C@]23O[C@H]4C=CCOC(=O)[C@H]4[C@H]2C(=O)N([C@H](CO)c2ccccc2)C3C1=O. The van der Waals surface area contributed by atoms with Crippen LogP contribution in [0.25, 0.3) is 0 Å².